The van der Waals surface area contributed by atoms with Gasteiger partial charge in [-0.3, -0.25) is 14.5 Å². The van der Waals surface area contributed by atoms with Gasteiger partial charge in [-0.15, -0.1) is 11.3 Å². The number of carbonyl (C=O) groups is 3. The molecule has 0 radical (unpaired) electrons. The molecule has 1 aliphatic heterocycles. The maximum Gasteiger partial charge on any atom is 0.325 e. The fourth-order valence-corrected chi connectivity index (χ4v) is 4.05. The molecule has 0 saturated carbocycles. The first-order valence-corrected chi connectivity index (χ1v) is 8.29. The number of fused-ring (bicyclic) bond motifs is 2. The fraction of sp³-hybridized carbons (Fsp3) is 0.235. The average Bonchev–Trinajstić information content (AvgIpc) is 3.25. The summed E-state index contributed by atoms with van der Waals surface area (Å²) >= 11 is 1.31. The Kier molecular flexibility index (Phi) is 3.09. The van der Waals surface area contributed by atoms with Crippen LogP contribution in [0, 0.1) is 0 Å². The van der Waals surface area contributed by atoms with Crippen molar-refractivity contribution in [2.24, 2.45) is 0 Å². The first-order valence-electron chi connectivity index (χ1n) is 7.41. The Bertz CT molecular complexity index is 815. The van der Waals surface area contributed by atoms with E-state index in [2.05, 4.69) is 5.32 Å². The lowest BCUT2D eigenvalue weighted by molar-refractivity contribution is -0.131. The van der Waals surface area contributed by atoms with E-state index in [4.69, 9.17) is 0 Å². The van der Waals surface area contributed by atoms with Gasteiger partial charge >= 0.3 is 6.03 Å². The summed E-state index contributed by atoms with van der Waals surface area (Å²) in [7, 11) is 0. The highest BCUT2D eigenvalue weighted by Gasteiger charge is 2.55. The van der Waals surface area contributed by atoms with E-state index < -0.39 is 11.6 Å². The number of imide groups is 1. The number of hydrogen-bond acceptors (Lipinski definition) is 4. The van der Waals surface area contributed by atoms with Gasteiger partial charge in [0.15, 0.2) is 5.78 Å². The first-order chi connectivity index (χ1) is 11.1. The van der Waals surface area contributed by atoms with Gasteiger partial charge < -0.3 is 5.32 Å². The fourth-order valence-electron chi connectivity index (χ4n) is 3.39. The van der Waals surface area contributed by atoms with E-state index in [0.29, 0.717) is 11.3 Å². The monoisotopic (exact) mass is 326 g/mol. The van der Waals surface area contributed by atoms with E-state index in [-0.39, 0.29) is 18.2 Å². The lowest BCUT2D eigenvalue weighted by atomic mass is 9.92. The Morgan fingerprint density at radius 3 is 2.83 bits per heavy atom. The molecule has 1 atom stereocenters. The molecule has 116 valence electrons. The number of hydrogen-bond donors (Lipinski definition) is 1. The van der Waals surface area contributed by atoms with Gasteiger partial charge in [-0.1, -0.05) is 30.3 Å². The molecular formula is C17H14N2O3S. The number of aryl methyl sites for hydroxylation is 1. The molecule has 6 heteroatoms. The van der Waals surface area contributed by atoms with Crippen LogP contribution < -0.4 is 5.32 Å². The smallest absolute Gasteiger partial charge is 0.319 e. The van der Waals surface area contributed by atoms with Gasteiger partial charge in [0, 0.05) is 0 Å². The van der Waals surface area contributed by atoms with E-state index in [9.17, 15) is 14.4 Å². The molecule has 3 amide bonds. The largest absolute Gasteiger partial charge is 0.325 e. The number of thiophene rings is 1. The third-order valence-electron chi connectivity index (χ3n) is 4.52. The molecule has 0 bridgehead atoms. The van der Waals surface area contributed by atoms with Crippen LogP contribution >= 0.6 is 11.3 Å². The summed E-state index contributed by atoms with van der Waals surface area (Å²) in [5.74, 6) is -0.538. The minimum atomic E-state index is -0.997. The van der Waals surface area contributed by atoms with E-state index in [1.54, 1.807) is 17.5 Å². The second-order valence-corrected chi connectivity index (χ2v) is 6.73. The van der Waals surface area contributed by atoms with E-state index in [1.165, 1.54) is 11.3 Å². The molecule has 0 unspecified atom stereocenters. The van der Waals surface area contributed by atoms with Gasteiger partial charge in [0.25, 0.3) is 5.91 Å². The number of benzene rings is 1. The molecule has 1 saturated heterocycles. The number of nitrogens with zero attached hydrogens (tertiary/aromatic N) is 1. The number of rotatable bonds is 3. The lowest BCUT2D eigenvalue weighted by Gasteiger charge is -2.22. The van der Waals surface area contributed by atoms with Gasteiger partial charge in [0.05, 0.1) is 11.4 Å². The average molecular weight is 326 g/mol. The van der Waals surface area contributed by atoms with E-state index in [1.807, 2.05) is 24.3 Å². The van der Waals surface area contributed by atoms with Crippen molar-refractivity contribution in [3.8, 4) is 0 Å². The summed E-state index contributed by atoms with van der Waals surface area (Å²) in [6.45, 7) is -0.213. The van der Waals surface area contributed by atoms with Crippen molar-refractivity contribution in [2.75, 3.05) is 6.54 Å². The molecule has 1 spiro atoms. The van der Waals surface area contributed by atoms with Crippen molar-refractivity contribution in [3.05, 3.63) is 57.8 Å². The molecule has 5 nitrogen and oxygen atoms in total. The summed E-state index contributed by atoms with van der Waals surface area (Å²) in [5, 5.41) is 4.62. The summed E-state index contributed by atoms with van der Waals surface area (Å²) in [6, 6.07) is 10.6. The van der Waals surface area contributed by atoms with Gasteiger partial charge in [0.1, 0.15) is 5.54 Å². The highest BCUT2D eigenvalue weighted by atomic mass is 32.1. The van der Waals surface area contributed by atoms with Crippen molar-refractivity contribution >= 4 is 29.1 Å². The molecule has 2 heterocycles. The zero-order valence-corrected chi connectivity index (χ0v) is 13.1. The maximum atomic E-state index is 12.9. The van der Waals surface area contributed by atoms with Gasteiger partial charge in [-0.25, -0.2) is 4.79 Å². The third-order valence-corrected chi connectivity index (χ3v) is 5.43. The Balaban J connectivity index is 1.64. The van der Waals surface area contributed by atoms with E-state index in [0.717, 1.165) is 22.4 Å². The lowest BCUT2D eigenvalue weighted by Crippen LogP contribution is -2.42. The summed E-state index contributed by atoms with van der Waals surface area (Å²) in [6.07, 6.45) is 1.29. The first kappa shape index (κ1) is 14.1. The van der Waals surface area contributed by atoms with Crippen LogP contribution in [0.25, 0.3) is 0 Å². The quantitative estimate of drug-likeness (QED) is 0.695. The molecule has 1 N–H and O–H groups in total. The Morgan fingerprint density at radius 1 is 1.22 bits per heavy atom. The van der Waals surface area contributed by atoms with Crippen molar-refractivity contribution in [1.29, 1.82) is 0 Å². The minimum Gasteiger partial charge on any atom is -0.319 e. The molecule has 1 fully saturated rings. The summed E-state index contributed by atoms with van der Waals surface area (Å²) in [5.41, 5.74) is 0.931. The topological polar surface area (TPSA) is 66.5 Å². The summed E-state index contributed by atoms with van der Waals surface area (Å²) in [4.78, 5) is 39.0. The van der Waals surface area contributed by atoms with Crippen LogP contribution in [-0.4, -0.2) is 29.2 Å². The molecule has 2 aliphatic rings. The van der Waals surface area contributed by atoms with Crippen molar-refractivity contribution in [3.63, 3.8) is 0 Å². The zero-order chi connectivity index (χ0) is 16.0. The maximum absolute atomic E-state index is 12.9. The predicted octanol–water partition coefficient (Wildman–Crippen LogP) is 2.32. The van der Waals surface area contributed by atoms with Crippen LogP contribution in [0.2, 0.25) is 0 Å². The Morgan fingerprint density at radius 2 is 2.04 bits per heavy atom. The number of amides is 3. The molecule has 4 rings (SSSR count). The van der Waals surface area contributed by atoms with Crippen LogP contribution in [0.5, 0.6) is 0 Å². The molecule has 2 aromatic rings. The van der Waals surface area contributed by atoms with Gasteiger partial charge in [0.2, 0.25) is 0 Å². The summed E-state index contributed by atoms with van der Waals surface area (Å²) < 4.78 is 0. The van der Waals surface area contributed by atoms with Crippen LogP contribution in [0.4, 0.5) is 4.79 Å². The van der Waals surface area contributed by atoms with E-state index >= 15 is 0 Å². The SMILES string of the molecule is O=C(CN1C(=O)N[C@]2(CCc3ccccc32)C1=O)c1cccs1. The van der Waals surface area contributed by atoms with Gasteiger partial charge in [-0.05, 0) is 35.4 Å². The van der Waals surface area contributed by atoms with Crippen LogP contribution in [0.1, 0.15) is 27.2 Å². The number of ketones is 1. The second kappa shape index (κ2) is 5.03. The van der Waals surface area contributed by atoms with Gasteiger partial charge in [-0.2, -0.15) is 0 Å². The zero-order valence-electron chi connectivity index (χ0n) is 12.2. The molecule has 1 aliphatic carbocycles. The molecular weight excluding hydrogens is 312 g/mol. The highest BCUT2D eigenvalue weighted by molar-refractivity contribution is 7.12. The third kappa shape index (κ3) is 2.02. The molecule has 1 aromatic carbocycles. The minimum absolute atomic E-state index is 0.213. The number of Topliss-reactive ketones (excluding diaryl/α,β-unsaturated/α-hetero) is 1. The molecule has 1 aromatic heterocycles. The molecule has 23 heavy (non-hydrogen) atoms. The predicted molar refractivity (Wildman–Crippen MR) is 85.3 cm³/mol. The Labute approximate surface area is 136 Å². The van der Waals surface area contributed by atoms with Crippen molar-refractivity contribution < 1.29 is 14.4 Å². The van der Waals surface area contributed by atoms with Crippen molar-refractivity contribution in [2.45, 2.75) is 18.4 Å². The van der Waals surface area contributed by atoms with Crippen LogP contribution in [0.3, 0.4) is 0 Å². The normalized spacial score (nSPS) is 22.5. The standard InChI is InChI=1S/C17H14N2O3S/c20-13(14-6-3-9-23-14)10-19-15(21)17(18-16(19)22)8-7-11-4-1-2-5-12(11)17/h1-6,9H,7-8,10H2,(H,18,22)/t17-/m0/s1. The van der Waals surface area contributed by atoms with Crippen LogP contribution in [0.15, 0.2) is 41.8 Å². The number of nitrogens with one attached hydrogen (secondary N) is 1. The van der Waals surface area contributed by atoms with Crippen LogP contribution in [-0.2, 0) is 16.8 Å². The Hall–Kier alpha value is -2.47. The highest BCUT2D eigenvalue weighted by Crippen LogP contribution is 2.41. The second-order valence-electron chi connectivity index (χ2n) is 5.78. The van der Waals surface area contributed by atoms with Crippen molar-refractivity contribution in [1.82, 2.24) is 10.2 Å². The number of carbonyl (C=O) groups excluding carboxylic acids is 3. The number of urea groups is 1.